The highest BCUT2D eigenvalue weighted by atomic mass is 19.1. The Hall–Kier alpha value is -2.23. The van der Waals surface area contributed by atoms with Gasteiger partial charge in [0.15, 0.2) is 0 Å². The number of nitrogens with two attached hydrogens (primary N) is 1. The van der Waals surface area contributed by atoms with E-state index in [1.165, 1.54) is 12.1 Å². The van der Waals surface area contributed by atoms with Gasteiger partial charge in [-0.1, -0.05) is 13.0 Å². The molecule has 0 aliphatic heterocycles. The summed E-state index contributed by atoms with van der Waals surface area (Å²) >= 11 is 0. The number of halogens is 1. The summed E-state index contributed by atoms with van der Waals surface area (Å²) in [4.78, 5) is 15.3. The fraction of sp³-hybridized carbons (Fsp3) is 0.143. The van der Waals surface area contributed by atoms with Gasteiger partial charge >= 0.3 is 0 Å². The zero-order chi connectivity index (χ0) is 13.1. The van der Waals surface area contributed by atoms with Gasteiger partial charge in [0.05, 0.1) is 0 Å². The third-order valence-electron chi connectivity index (χ3n) is 2.83. The van der Waals surface area contributed by atoms with Crippen LogP contribution in [0.5, 0.6) is 0 Å². The molecule has 2 rings (SSSR count). The molecule has 0 radical (unpaired) electrons. The van der Waals surface area contributed by atoms with Gasteiger partial charge in [-0.2, -0.15) is 0 Å². The van der Waals surface area contributed by atoms with Crippen LogP contribution in [-0.2, 0) is 6.42 Å². The van der Waals surface area contributed by atoms with Gasteiger partial charge in [-0.15, -0.1) is 0 Å². The van der Waals surface area contributed by atoms with Gasteiger partial charge in [0.1, 0.15) is 5.82 Å². The molecule has 0 atom stereocenters. The molecule has 3 nitrogen and oxygen atoms in total. The summed E-state index contributed by atoms with van der Waals surface area (Å²) < 4.78 is 14.0. The molecule has 2 N–H and O–H groups in total. The van der Waals surface area contributed by atoms with Crippen molar-refractivity contribution in [2.24, 2.45) is 5.73 Å². The molecule has 2 aromatic rings. The van der Waals surface area contributed by atoms with Crippen molar-refractivity contribution in [2.45, 2.75) is 13.3 Å². The summed E-state index contributed by atoms with van der Waals surface area (Å²) in [5, 5.41) is 0. The topological polar surface area (TPSA) is 56.0 Å². The fourth-order valence-electron chi connectivity index (χ4n) is 2.04. The summed E-state index contributed by atoms with van der Waals surface area (Å²) in [6.07, 6.45) is 3.72. The molecule has 1 heterocycles. The largest absolute Gasteiger partial charge is 0.366 e. The normalized spacial score (nSPS) is 10.3. The molecule has 4 heteroatoms. The molecule has 1 aromatic heterocycles. The number of aromatic nitrogens is 1. The predicted molar refractivity (Wildman–Crippen MR) is 67.5 cm³/mol. The quantitative estimate of drug-likeness (QED) is 0.902. The number of hydrogen-bond donors (Lipinski definition) is 1. The van der Waals surface area contributed by atoms with Crippen LogP contribution in [0.2, 0.25) is 0 Å². The molecule has 1 amide bonds. The van der Waals surface area contributed by atoms with Crippen LogP contribution in [0.3, 0.4) is 0 Å². The second-order valence-electron chi connectivity index (χ2n) is 3.91. The Morgan fingerprint density at radius 1 is 1.39 bits per heavy atom. The van der Waals surface area contributed by atoms with Crippen molar-refractivity contribution in [3.63, 3.8) is 0 Å². The van der Waals surface area contributed by atoms with E-state index >= 15 is 0 Å². The molecule has 0 aliphatic carbocycles. The molecular weight excluding hydrogens is 231 g/mol. The van der Waals surface area contributed by atoms with E-state index in [9.17, 15) is 9.18 Å². The van der Waals surface area contributed by atoms with Crippen molar-refractivity contribution < 1.29 is 9.18 Å². The first kappa shape index (κ1) is 12.2. The lowest BCUT2D eigenvalue weighted by molar-refractivity contribution is 0.0999. The fourth-order valence-corrected chi connectivity index (χ4v) is 2.04. The van der Waals surface area contributed by atoms with Crippen LogP contribution in [0.15, 0.2) is 36.7 Å². The first-order chi connectivity index (χ1) is 8.65. The van der Waals surface area contributed by atoms with E-state index in [2.05, 4.69) is 4.98 Å². The molecule has 0 spiro atoms. The molecule has 0 unspecified atom stereocenters. The van der Waals surface area contributed by atoms with E-state index in [-0.39, 0.29) is 5.82 Å². The molecule has 0 saturated heterocycles. The molecule has 0 fully saturated rings. The van der Waals surface area contributed by atoms with Crippen LogP contribution in [0.25, 0.3) is 11.1 Å². The third-order valence-corrected chi connectivity index (χ3v) is 2.83. The Bertz CT molecular complexity index is 582. The van der Waals surface area contributed by atoms with Crippen molar-refractivity contribution in [1.82, 2.24) is 4.98 Å². The van der Waals surface area contributed by atoms with Crippen molar-refractivity contribution in [2.75, 3.05) is 0 Å². The Labute approximate surface area is 104 Å². The number of carbonyl (C=O) groups excluding carboxylic acids is 1. The van der Waals surface area contributed by atoms with Crippen molar-refractivity contribution in [3.05, 3.63) is 53.6 Å². The third kappa shape index (κ3) is 2.09. The molecule has 0 saturated carbocycles. The van der Waals surface area contributed by atoms with Gasteiger partial charge in [0, 0.05) is 29.1 Å². The minimum Gasteiger partial charge on any atom is -0.366 e. The van der Waals surface area contributed by atoms with Crippen LogP contribution >= 0.6 is 0 Å². The number of primary amides is 1. The number of nitrogens with zero attached hydrogens (tertiary/aromatic N) is 1. The highest BCUT2D eigenvalue weighted by Crippen LogP contribution is 2.29. The maximum atomic E-state index is 14.0. The van der Waals surface area contributed by atoms with Crippen molar-refractivity contribution in [3.8, 4) is 11.1 Å². The number of pyridine rings is 1. The minimum atomic E-state index is -0.544. The monoisotopic (exact) mass is 244 g/mol. The number of amides is 1. The van der Waals surface area contributed by atoms with Gasteiger partial charge in [0.2, 0.25) is 5.91 Å². The second-order valence-corrected chi connectivity index (χ2v) is 3.91. The maximum absolute atomic E-state index is 14.0. The molecule has 0 bridgehead atoms. The van der Waals surface area contributed by atoms with Gasteiger partial charge in [0.25, 0.3) is 0 Å². The van der Waals surface area contributed by atoms with E-state index in [0.29, 0.717) is 28.7 Å². The summed E-state index contributed by atoms with van der Waals surface area (Å²) in [5.41, 5.74) is 7.34. The molecular formula is C14H13FN2O. The Morgan fingerprint density at radius 2 is 2.17 bits per heavy atom. The van der Waals surface area contributed by atoms with E-state index in [1.54, 1.807) is 24.5 Å². The smallest absolute Gasteiger partial charge is 0.249 e. The van der Waals surface area contributed by atoms with Crippen LogP contribution in [0.4, 0.5) is 4.39 Å². The van der Waals surface area contributed by atoms with Gasteiger partial charge in [-0.25, -0.2) is 4.39 Å². The standard InChI is InChI=1S/C14H13FN2O/c1-2-10-11(14(16)18)5-6-12(15)13(10)9-4-3-7-17-8-9/h3-8H,2H2,1H3,(H2,16,18). The number of hydrogen-bond acceptors (Lipinski definition) is 2. The van der Waals surface area contributed by atoms with Crippen LogP contribution < -0.4 is 5.73 Å². The summed E-state index contributed by atoms with van der Waals surface area (Å²) in [6, 6.07) is 6.18. The van der Waals surface area contributed by atoms with E-state index in [0.717, 1.165) is 0 Å². The van der Waals surface area contributed by atoms with Gasteiger partial charge < -0.3 is 5.73 Å². The zero-order valence-electron chi connectivity index (χ0n) is 9.98. The zero-order valence-corrected chi connectivity index (χ0v) is 9.98. The average Bonchev–Trinajstić information content (AvgIpc) is 2.38. The molecule has 18 heavy (non-hydrogen) atoms. The second kappa shape index (κ2) is 4.96. The lowest BCUT2D eigenvalue weighted by Crippen LogP contribution is -2.14. The minimum absolute atomic E-state index is 0.359. The summed E-state index contributed by atoms with van der Waals surface area (Å²) in [7, 11) is 0. The maximum Gasteiger partial charge on any atom is 0.249 e. The van der Waals surface area contributed by atoms with Crippen LogP contribution in [0.1, 0.15) is 22.8 Å². The van der Waals surface area contributed by atoms with E-state index in [4.69, 9.17) is 5.73 Å². The molecule has 92 valence electrons. The first-order valence-electron chi connectivity index (χ1n) is 5.66. The van der Waals surface area contributed by atoms with Crippen molar-refractivity contribution >= 4 is 5.91 Å². The van der Waals surface area contributed by atoms with Gasteiger partial charge in [-0.05, 0) is 30.2 Å². The molecule has 1 aromatic carbocycles. The van der Waals surface area contributed by atoms with E-state index in [1.807, 2.05) is 6.92 Å². The van der Waals surface area contributed by atoms with Crippen LogP contribution in [0, 0.1) is 5.82 Å². The van der Waals surface area contributed by atoms with E-state index < -0.39 is 5.91 Å². The lowest BCUT2D eigenvalue weighted by Gasteiger charge is -2.12. The van der Waals surface area contributed by atoms with Gasteiger partial charge in [-0.3, -0.25) is 9.78 Å². The highest BCUT2D eigenvalue weighted by Gasteiger charge is 2.16. The summed E-state index contributed by atoms with van der Waals surface area (Å²) in [5.74, 6) is -0.915. The predicted octanol–water partition coefficient (Wildman–Crippen LogP) is 2.55. The number of carbonyl (C=O) groups is 1. The lowest BCUT2D eigenvalue weighted by atomic mass is 9.93. The average molecular weight is 244 g/mol. The highest BCUT2D eigenvalue weighted by molar-refractivity contribution is 5.96. The Balaban J connectivity index is 2.73. The summed E-state index contributed by atoms with van der Waals surface area (Å²) in [6.45, 7) is 1.86. The Kier molecular flexibility index (Phi) is 3.37. The SMILES string of the molecule is CCc1c(C(N)=O)ccc(F)c1-c1cccnc1. The number of benzene rings is 1. The van der Waals surface area contributed by atoms with Crippen LogP contribution in [-0.4, -0.2) is 10.9 Å². The van der Waals surface area contributed by atoms with Crippen molar-refractivity contribution in [1.29, 1.82) is 0 Å². The first-order valence-corrected chi connectivity index (χ1v) is 5.66. The molecule has 0 aliphatic rings. The Morgan fingerprint density at radius 3 is 2.72 bits per heavy atom. The number of rotatable bonds is 3.